The third-order valence-corrected chi connectivity index (χ3v) is 12.4. The average molecular weight is 754 g/mol. The smallest absolute Gasteiger partial charge is 0.310 e. The highest BCUT2D eigenvalue weighted by atomic mass is 16.5. The molecular weight excluding hydrogens is 674 g/mol. The summed E-state index contributed by atoms with van der Waals surface area (Å²) >= 11 is 0. The molecule has 0 bridgehead atoms. The normalized spacial score (nSPS) is 19.3. The fourth-order valence-electron chi connectivity index (χ4n) is 9.23. The molecule has 10 heteroatoms. The van der Waals surface area contributed by atoms with Gasteiger partial charge in [-0.15, -0.1) is 0 Å². The van der Waals surface area contributed by atoms with Crippen molar-refractivity contribution in [2.45, 2.75) is 208 Å². The van der Waals surface area contributed by atoms with Gasteiger partial charge in [-0.3, -0.25) is 19.2 Å². The first-order valence-electron chi connectivity index (χ1n) is 21.1. The summed E-state index contributed by atoms with van der Waals surface area (Å²) in [6, 6.07) is 0. The van der Waals surface area contributed by atoms with Crippen LogP contribution < -0.4 is 0 Å². The lowest BCUT2D eigenvalue weighted by molar-refractivity contribution is -0.267. The molecule has 10 nitrogen and oxygen atoms in total. The summed E-state index contributed by atoms with van der Waals surface area (Å²) in [5.74, 6) is -11.4. The number of rotatable bonds is 30. The predicted molar refractivity (Wildman–Crippen MR) is 210 cm³/mol. The number of nitrogens with zero attached hydrogens (tertiary/aromatic N) is 1. The monoisotopic (exact) mass is 754 g/mol. The van der Waals surface area contributed by atoms with Crippen LogP contribution in [0.15, 0.2) is 0 Å². The summed E-state index contributed by atoms with van der Waals surface area (Å²) in [6.45, 7) is 15.8. The van der Waals surface area contributed by atoms with Crippen molar-refractivity contribution in [3.05, 3.63) is 0 Å². The number of carboxylic acid groups (broad SMARTS) is 4. The van der Waals surface area contributed by atoms with Gasteiger partial charge in [-0.25, -0.2) is 0 Å². The average Bonchev–Trinajstić information content (AvgIpc) is 3.04. The van der Waals surface area contributed by atoms with Gasteiger partial charge in [0.05, 0.1) is 23.2 Å². The molecule has 0 saturated carbocycles. The van der Waals surface area contributed by atoms with Gasteiger partial charge in [-0.05, 0) is 71.1 Å². The Kier molecular flexibility index (Phi) is 21.8. The largest absolute Gasteiger partial charge is 0.481 e. The molecule has 310 valence electrons. The van der Waals surface area contributed by atoms with Gasteiger partial charge in [0, 0.05) is 11.1 Å². The number of unbranched alkanes of at least 4 members (excludes halogenated alkanes) is 14. The molecule has 1 aliphatic rings. The van der Waals surface area contributed by atoms with Gasteiger partial charge in [0.25, 0.3) is 0 Å². The lowest BCUT2D eigenvalue weighted by atomic mass is 9.57. The minimum absolute atomic E-state index is 0.0348. The molecule has 0 spiro atoms. The molecule has 5 N–H and O–H groups in total. The van der Waals surface area contributed by atoms with Gasteiger partial charge in [-0.2, -0.15) is 5.06 Å². The van der Waals surface area contributed by atoms with Crippen molar-refractivity contribution in [3.8, 4) is 0 Å². The van der Waals surface area contributed by atoms with Crippen LogP contribution in [0.3, 0.4) is 0 Å². The number of hydroxylamine groups is 2. The molecule has 1 fully saturated rings. The van der Waals surface area contributed by atoms with E-state index in [9.17, 15) is 44.8 Å². The Bertz CT molecular complexity index is 1070. The summed E-state index contributed by atoms with van der Waals surface area (Å²) in [5, 5.41) is 55.5. The Morgan fingerprint density at radius 1 is 0.604 bits per heavy atom. The van der Waals surface area contributed by atoms with E-state index in [1.54, 1.807) is 13.8 Å². The van der Waals surface area contributed by atoms with Gasteiger partial charge in [0.2, 0.25) is 0 Å². The van der Waals surface area contributed by atoms with Gasteiger partial charge in [-0.1, -0.05) is 143 Å². The van der Waals surface area contributed by atoms with Gasteiger partial charge in [0.15, 0.2) is 0 Å². The van der Waals surface area contributed by atoms with E-state index in [1.807, 2.05) is 13.8 Å². The zero-order valence-corrected chi connectivity index (χ0v) is 34.8. The van der Waals surface area contributed by atoms with E-state index >= 15 is 0 Å². The zero-order valence-electron chi connectivity index (χ0n) is 34.8. The van der Waals surface area contributed by atoms with E-state index in [0.29, 0.717) is 43.9 Å². The van der Waals surface area contributed by atoms with Crippen LogP contribution in [0.2, 0.25) is 0 Å². The highest BCUT2D eigenvalue weighted by Gasteiger charge is 2.61. The fourth-order valence-corrected chi connectivity index (χ4v) is 9.23. The Labute approximate surface area is 321 Å². The first-order valence-corrected chi connectivity index (χ1v) is 21.1. The first-order chi connectivity index (χ1) is 24.7. The van der Waals surface area contributed by atoms with Crippen LogP contribution in [0, 0.1) is 40.9 Å². The summed E-state index contributed by atoms with van der Waals surface area (Å²) < 4.78 is 0. The van der Waals surface area contributed by atoms with Crippen molar-refractivity contribution < 1.29 is 44.8 Å². The standard InChI is InChI=1S/C43H79NO9/c1-31(2)25-21-17-13-9-11-15-19-23-28-43(40(51)52,29-24-20-16-12-10-14-18-22-26-32(3)4)36(39(49)50)35(38(47)48)34(37(45)46)33-27-30-41(5,6)44(53)42(33,7)8/h31-36,53H,9-30H2,1-8H3,(H,45,46)(H,47,48)(H,49,50)(H,51,52). The quantitative estimate of drug-likeness (QED) is 0.0444. The first kappa shape index (κ1) is 48.8. The number of aliphatic carboxylic acids is 4. The minimum atomic E-state index is -2.02. The SMILES string of the molecule is CC(C)CCCCCCCCCCC(CCCCCCCCCCC(C)C)(C(=O)O)C(C(=O)O)C(C(=O)O)C(C(=O)O)C1CCC(C)(C)N(O)C1(C)C. The van der Waals surface area contributed by atoms with Crippen LogP contribution in [0.25, 0.3) is 0 Å². The summed E-state index contributed by atoms with van der Waals surface area (Å²) in [5.41, 5.74) is -3.91. The topological polar surface area (TPSA) is 173 Å². The molecule has 0 aromatic carbocycles. The van der Waals surface area contributed by atoms with Crippen LogP contribution in [-0.2, 0) is 19.2 Å². The van der Waals surface area contributed by atoms with Crippen LogP contribution in [0.1, 0.15) is 197 Å². The van der Waals surface area contributed by atoms with E-state index in [4.69, 9.17) is 0 Å². The Hall–Kier alpha value is -2.20. The van der Waals surface area contributed by atoms with Crippen LogP contribution in [0.4, 0.5) is 0 Å². The Morgan fingerprint density at radius 2 is 0.981 bits per heavy atom. The molecule has 0 aliphatic carbocycles. The Morgan fingerprint density at radius 3 is 1.30 bits per heavy atom. The zero-order chi connectivity index (χ0) is 40.4. The van der Waals surface area contributed by atoms with Crippen molar-refractivity contribution in [1.82, 2.24) is 5.06 Å². The van der Waals surface area contributed by atoms with Crippen molar-refractivity contribution in [2.75, 3.05) is 0 Å². The maximum absolute atomic E-state index is 13.5. The molecule has 53 heavy (non-hydrogen) atoms. The molecular formula is C43H79NO9. The summed E-state index contributed by atoms with van der Waals surface area (Å²) in [4.78, 5) is 53.3. The number of hydrogen-bond donors (Lipinski definition) is 5. The molecule has 0 aromatic heterocycles. The van der Waals surface area contributed by atoms with Crippen LogP contribution in [0.5, 0.6) is 0 Å². The maximum Gasteiger partial charge on any atom is 0.310 e. The van der Waals surface area contributed by atoms with Crippen molar-refractivity contribution in [1.29, 1.82) is 0 Å². The molecule has 0 aromatic rings. The van der Waals surface area contributed by atoms with Gasteiger partial charge < -0.3 is 25.6 Å². The van der Waals surface area contributed by atoms with Crippen LogP contribution in [-0.4, -0.2) is 65.7 Å². The number of carboxylic acids is 4. The third-order valence-electron chi connectivity index (χ3n) is 12.4. The molecule has 4 unspecified atom stereocenters. The second-order valence-electron chi connectivity index (χ2n) is 18.5. The van der Waals surface area contributed by atoms with E-state index in [0.717, 1.165) is 56.4 Å². The molecule has 0 radical (unpaired) electrons. The third kappa shape index (κ3) is 15.5. The van der Waals surface area contributed by atoms with E-state index in [-0.39, 0.29) is 19.3 Å². The highest BCUT2D eigenvalue weighted by Crippen LogP contribution is 2.51. The molecule has 1 saturated heterocycles. The second kappa shape index (κ2) is 23.7. The summed E-state index contributed by atoms with van der Waals surface area (Å²) in [6.07, 6.45) is 18.1. The predicted octanol–water partition coefficient (Wildman–Crippen LogP) is 10.9. The lowest BCUT2D eigenvalue weighted by Gasteiger charge is -2.55. The second-order valence-corrected chi connectivity index (χ2v) is 18.5. The highest BCUT2D eigenvalue weighted by molar-refractivity contribution is 5.90. The number of carbonyl (C=O) groups is 4. The van der Waals surface area contributed by atoms with E-state index in [1.165, 1.54) is 38.5 Å². The van der Waals surface area contributed by atoms with Crippen molar-refractivity contribution >= 4 is 23.9 Å². The fraction of sp³-hybridized carbons (Fsp3) is 0.907. The molecule has 1 aliphatic heterocycles. The van der Waals surface area contributed by atoms with Crippen LogP contribution >= 0.6 is 0 Å². The maximum atomic E-state index is 13.5. The van der Waals surface area contributed by atoms with Gasteiger partial charge >= 0.3 is 23.9 Å². The molecule has 0 amide bonds. The van der Waals surface area contributed by atoms with E-state index < -0.39 is 64.0 Å². The molecule has 1 heterocycles. The van der Waals surface area contributed by atoms with Crippen molar-refractivity contribution in [3.63, 3.8) is 0 Å². The van der Waals surface area contributed by atoms with Gasteiger partial charge in [0.1, 0.15) is 0 Å². The van der Waals surface area contributed by atoms with Crippen molar-refractivity contribution in [2.24, 2.45) is 40.9 Å². The molecule has 4 atom stereocenters. The number of hydrogen-bond acceptors (Lipinski definition) is 6. The van der Waals surface area contributed by atoms with E-state index in [2.05, 4.69) is 27.7 Å². The lowest BCUT2D eigenvalue weighted by Crippen LogP contribution is -2.64. The number of piperidine rings is 1. The Balaban J connectivity index is 3.34. The molecule has 1 rings (SSSR count). The summed E-state index contributed by atoms with van der Waals surface area (Å²) in [7, 11) is 0. The minimum Gasteiger partial charge on any atom is -0.481 e.